The molecule has 0 saturated carbocycles. The van der Waals surface area contributed by atoms with Crippen molar-refractivity contribution in [2.24, 2.45) is 0 Å². The first kappa shape index (κ1) is 18.7. The van der Waals surface area contributed by atoms with E-state index in [9.17, 15) is 13.2 Å². The van der Waals surface area contributed by atoms with Crippen LogP contribution in [0.4, 0.5) is 0 Å². The average Bonchev–Trinajstić information content (AvgIpc) is 2.47. The van der Waals surface area contributed by atoms with Crippen molar-refractivity contribution >= 4 is 27.5 Å². The Morgan fingerprint density at radius 3 is 2.68 bits per heavy atom. The Balaban J connectivity index is 2.89. The number of rotatable bonds is 8. The number of nitrogens with zero attached hydrogens (tertiary/aromatic N) is 1. The second-order valence-corrected chi connectivity index (χ2v) is 7.21. The fourth-order valence-corrected chi connectivity index (χ4v) is 3.31. The van der Waals surface area contributed by atoms with Gasteiger partial charge in [0, 0.05) is 18.6 Å². The molecule has 0 saturated heterocycles. The molecule has 22 heavy (non-hydrogen) atoms. The van der Waals surface area contributed by atoms with Crippen LogP contribution in [0.1, 0.15) is 19.8 Å². The number of halogens is 1. The van der Waals surface area contributed by atoms with Crippen LogP contribution in [0.15, 0.2) is 23.1 Å². The molecular weight excluding hydrogens is 328 g/mol. The molecule has 1 aromatic carbocycles. The minimum Gasteiger partial charge on any atom is -0.495 e. The molecule has 0 aliphatic heterocycles. The van der Waals surface area contributed by atoms with E-state index < -0.39 is 10.0 Å². The second kappa shape index (κ2) is 8.36. The van der Waals surface area contributed by atoms with Gasteiger partial charge in [0.2, 0.25) is 15.9 Å². The van der Waals surface area contributed by atoms with Crippen molar-refractivity contribution in [1.29, 1.82) is 0 Å². The molecule has 1 amide bonds. The van der Waals surface area contributed by atoms with Gasteiger partial charge >= 0.3 is 0 Å². The highest BCUT2D eigenvalue weighted by molar-refractivity contribution is 7.89. The number of carbonyl (C=O) groups is 1. The molecule has 8 heteroatoms. The first-order valence-electron chi connectivity index (χ1n) is 6.89. The number of likely N-dealkylation sites (N-methyl/N-ethyl adjacent to an activating group) is 1. The number of ether oxygens (including phenoxy) is 1. The summed E-state index contributed by atoms with van der Waals surface area (Å²) in [4.78, 5) is 11.7. The predicted molar refractivity (Wildman–Crippen MR) is 85.7 cm³/mol. The second-order valence-electron chi connectivity index (χ2n) is 4.76. The van der Waals surface area contributed by atoms with Crippen LogP contribution in [-0.2, 0) is 14.8 Å². The minimum atomic E-state index is -3.87. The summed E-state index contributed by atoms with van der Waals surface area (Å²) in [5, 5.41) is 2.95. The van der Waals surface area contributed by atoms with Gasteiger partial charge < -0.3 is 10.1 Å². The number of benzene rings is 1. The number of carbonyl (C=O) groups excluding carboxylic acids is 1. The zero-order chi connectivity index (χ0) is 16.8. The maximum atomic E-state index is 12.5. The molecule has 0 atom stereocenters. The molecule has 6 nitrogen and oxygen atoms in total. The van der Waals surface area contributed by atoms with Gasteiger partial charge in [0.15, 0.2) is 0 Å². The van der Waals surface area contributed by atoms with Crippen molar-refractivity contribution < 1.29 is 17.9 Å². The Labute approximate surface area is 136 Å². The Bertz CT molecular complexity index is 619. The summed E-state index contributed by atoms with van der Waals surface area (Å²) in [6, 6.07) is 4.32. The number of unbranched alkanes of at least 4 members (excludes halogenated alkanes) is 1. The van der Waals surface area contributed by atoms with Gasteiger partial charge in [0.25, 0.3) is 0 Å². The highest BCUT2D eigenvalue weighted by Crippen LogP contribution is 2.28. The number of sulfonamides is 1. The molecule has 0 radical (unpaired) electrons. The first-order chi connectivity index (χ1) is 10.3. The van der Waals surface area contributed by atoms with Crippen molar-refractivity contribution in [3.63, 3.8) is 0 Å². The lowest BCUT2D eigenvalue weighted by molar-refractivity contribution is -0.121. The zero-order valence-corrected chi connectivity index (χ0v) is 14.5. The van der Waals surface area contributed by atoms with E-state index in [1.807, 2.05) is 6.92 Å². The van der Waals surface area contributed by atoms with Gasteiger partial charge in [-0.25, -0.2) is 8.42 Å². The van der Waals surface area contributed by atoms with Gasteiger partial charge in [-0.05, 0) is 24.6 Å². The van der Waals surface area contributed by atoms with Gasteiger partial charge in [-0.3, -0.25) is 4.79 Å². The van der Waals surface area contributed by atoms with E-state index in [0.29, 0.717) is 6.54 Å². The van der Waals surface area contributed by atoms with Crippen LogP contribution in [-0.4, -0.2) is 45.9 Å². The van der Waals surface area contributed by atoms with Crippen molar-refractivity contribution in [2.45, 2.75) is 24.7 Å². The number of methoxy groups -OCH3 is 1. The van der Waals surface area contributed by atoms with E-state index in [1.54, 1.807) is 0 Å². The fourth-order valence-electron chi connectivity index (χ4n) is 1.77. The summed E-state index contributed by atoms with van der Waals surface area (Å²) >= 11 is 5.86. The molecule has 0 aliphatic carbocycles. The van der Waals surface area contributed by atoms with Crippen LogP contribution in [0, 0.1) is 0 Å². The van der Waals surface area contributed by atoms with Crippen molar-refractivity contribution in [3.05, 3.63) is 23.2 Å². The van der Waals surface area contributed by atoms with Gasteiger partial charge in [-0.1, -0.05) is 24.9 Å². The summed E-state index contributed by atoms with van der Waals surface area (Å²) < 4.78 is 31.1. The minimum absolute atomic E-state index is 0.0636. The molecule has 0 fully saturated rings. The van der Waals surface area contributed by atoms with Crippen LogP contribution < -0.4 is 10.1 Å². The lowest BCUT2D eigenvalue weighted by Gasteiger charge is -2.18. The molecule has 124 valence electrons. The summed E-state index contributed by atoms with van der Waals surface area (Å²) in [6.45, 7) is 2.28. The molecule has 0 aliphatic rings. The third-order valence-electron chi connectivity index (χ3n) is 3.03. The van der Waals surface area contributed by atoms with Crippen LogP contribution >= 0.6 is 11.6 Å². The van der Waals surface area contributed by atoms with E-state index in [0.717, 1.165) is 17.1 Å². The monoisotopic (exact) mass is 348 g/mol. The Hall–Kier alpha value is -1.31. The van der Waals surface area contributed by atoms with Crippen molar-refractivity contribution in [1.82, 2.24) is 9.62 Å². The first-order valence-corrected chi connectivity index (χ1v) is 8.71. The van der Waals surface area contributed by atoms with E-state index in [2.05, 4.69) is 5.32 Å². The van der Waals surface area contributed by atoms with Crippen LogP contribution in [0.2, 0.25) is 5.02 Å². The topological polar surface area (TPSA) is 75.7 Å². The summed E-state index contributed by atoms with van der Waals surface area (Å²) in [5.41, 5.74) is 0. The molecule has 0 bridgehead atoms. The van der Waals surface area contributed by atoms with E-state index in [1.165, 1.54) is 32.4 Å². The fraction of sp³-hybridized carbons (Fsp3) is 0.500. The SMILES string of the molecule is CCCCNC(=O)CN(C)S(=O)(=O)c1cc(Cl)ccc1OC. The van der Waals surface area contributed by atoms with Gasteiger partial charge in [0.1, 0.15) is 10.6 Å². The smallest absolute Gasteiger partial charge is 0.247 e. The highest BCUT2D eigenvalue weighted by atomic mass is 35.5. The molecule has 1 rings (SSSR count). The zero-order valence-electron chi connectivity index (χ0n) is 12.9. The largest absolute Gasteiger partial charge is 0.495 e. The van der Waals surface area contributed by atoms with Crippen LogP contribution in [0.5, 0.6) is 5.75 Å². The molecular formula is C14H21ClN2O4S. The molecule has 0 aromatic heterocycles. The number of hydrogen-bond donors (Lipinski definition) is 1. The summed E-state index contributed by atoms with van der Waals surface area (Å²) in [5.74, 6) is -0.164. The molecule has 0 unspecified atom stereocenters. The molecule has 0 heterocycles. The normalized spacial score (nSPS) is 11.5. The molecule has 1 aromatic rings. The van der Waals surface area contributed by atoms with E-state index in [4.69, 9.17) is 16.3 Å². The standard InChI is InChI=1S/C14H21ClN2O4S/c1-4-5-8-16-14(18)10-17(2)22(19,20)13-9-11(15)6-7-12(13)21-3/h6-7,9H,4-5,8,10H2,1-3H3,(H,16,18). The molecule has 1 N–H and O–H groups in total. The van der Waals surface area contributed by atoms with Gasteiger partial charge in [0.05, 0.1) is 13.7 Å². The van der Waals surface area contributed by atoms with Crippen molar-refractivity contribution in [2.75, 3.05) is 27.2 Å². The Kier molecular flexibility index (Phi) is 7.12. The van der Waals surface area contributed by atoms with Gasteiger partial charge in [-0.2, -0.15) is 4.31 Å². The molecule has 0 spiro atoms. The van der Waals surface area contributed by atoms with Gasteiger partial charge in [-0.15, -0.1) is 0 Å². The highest BCUT2D eigenvalue weighted by Gasteiger charge is 2.26. The number of hydrogen-bond acceptors (Lipinski definition) is 4. The number of nitrogens with one attached hydrogen (secondary N) is 1. The number of amides is 1. The average molecular weight is 349 g/mol. The quantitative estimate of drug-likeness (QED) is 0.728. The van der Waals surface area contributed by atoms with Crippen LogP contribution in [0.3, 0.4) is 0 Å². The van der Waals surface area contributed by atoms with Crippen LogP contribution in [0.25, 0.3) is 0 Å². The summed E-state index contributed by atoms with van der Waals surface area (Å²) in [6.07, 6.45) is 1.80. The van der Waals surface area contributed by atoms with E-state index in [-0.39, 0.29) is 28.1 Å². The van der Waals surface area contributed by atoms with Crippen molar-refractivity contribution in [3.8, 4) is 5.75 Å². The third-order valence-corrected chi connectivity index (χ3v) is 5.09. The Morgan fingerprint density at radius 2 is 2.09 bits per heavy atom. The third kappa shape index (κ3) is 4.86. The lowest BCUT2D eigenvalue weighted by Crippen LogP contribution is -2.38. The predicted octanol–water partition coefficient (Wildman–Crippen LogP) is 1.89. The Morgan fingerprint density at radius 1 is 1.41 bits per heavy atom. The maximum absolute atomic E-state index is 12.5. The van der Waals surface area contributed by atoms with E-state index >= 15 is 0 Å². The maximum Gasteiger partial charge on any atom is 0.247 e. The lowest BCUT2D eigenvalue weighted by atomic mass is 10.3. The summed E-state index contributed by atoms with van der Waals surface area (Å²) in [7, 11) is -1.15.